The van der Waals surface area contributed by atoms with E-state index < -0.39 is 10.0 Å². The Morgan fingerprint density at radius 2 is 2.05 bits per heavy atom. The van der Waals surface area contributed by atoms with Crippen molar-refractivity contribution in [3.63, 3.8) is 0 Å². The van der Waals surface area contributed by atoms with E-state index >= 15 is 0 Å². The molecule has 1 aliphatic heterocycles. The molecule has 0 atom stereocenters. The van der Waals surface area contributed by atoms with Crippen LogP contribution in [0.5, 0.6) is 0 Å². The Morgan fingerprint density at radius 1 is 1.33 bits per heavy atom. The molecule has 0 spiro atoms. The zero-order chi connectivity index (χ0) is 15.7. The van der Waals surface area contributed by atoms with Gasteiger partial charge >= 0.3 is 0 Å². The third kappa shape index (κ3) is 3.60. The van der Waals surface area contributed by atoms with Crippen molar-refractivity contribution in [3.8, 4) is 6.07 Å². The lowest BCUT2D eigenvalue weighted by molar-refractivity contribution is 0.415. The van der Waals surface area contributed by atoms with Crippen LogP contribution in [0.15, 0.2) is 23.1 Å². The second kappa shape index (κ2) is 5.99. The molecule has 1 aromatic rings. The van der Waals surface area contributed by atoms with Gasteiger partial charge < -0.3 is 0 Å². The number of rotatable bonds is 2. The van der Waals surface area contributed by atoms with E-state index in [0.29, 0.717) is 24.2 Å². The number of sulfonamides is 1. The lowest BCUT2D eigenvalue weighted by Gasteiger charge is -2.22. The predicted molar refractivity (Wildman–Crippen MR) is 85.8 cm³/mol. The zero-order valence-corrected chi connectivity index (χ0v) is 14.2. The minimum Gasteiger partial charge on any atom is -0.207 e. The second-order valence-corrected chi connectivity index (χ2v) is 9.59. The van der Waals surface area contributed by atoms with E-state index in [1.807, 2.05) is 11.8 Å². The van der Waals surface area contributed by atoms with Crippen LogP contribution in [-0.4, -0.2) is 36.3 Å². The van der Waals surface area contributed by atoms with Crippen LogP contribution < -0.4 is 0 Å². The summed E-state index contributed by atoms with van der Waals surface area (Å²) in [6.07, 6.45) is 0.839. The molecular formula is C15H20N2O2S2. The Bertz CT molecular complexity index is 675. The van der Waals surface area contributed by atoms with Gasteiger partial charge in [-0.05, 0) is 37.1 Å². The highest BCUT2D eigenvalue weighted by Gasteiger charge is 2.30. The van der Waals surface area contributed by atoms with Gasteiger partial charge in [0.25, 0.3) is 0 Å². The van der Waals surface area contributed by atoms with Crippen LogP contribution in [0.3, 0.4) is 0 Å². The molecule has 0 bridgehead atoms. The molecule has 2 rings (SSSR count). The fraction of sp³-hybridized carbons (Fsp3) is 0.533. The van der Waals surface area contributed by atoms with E-state index in [-0.39, 0.29) is 9.64 Å². The van der Waals surface area contributed by atoms with E-state index in [9.17, 15) is 8.42 Å². The lowest BCUT2D eigenvalue weighted by Crippen LogP contribution is -2.33. The van der Waals surface area contributed by atoms with Gasteiger partial charge in [0.1, 0.15) is 0 Å². The maximum atomic E-state index is 12.7. The largest absolute Gasteiger partial charge is 0.243 e. The van der Waals surface area contributed by atoms with Crippen molar-refractivity contribution in [1.82, 2.24) is 4.31 Å². The number of thioether (sulfide) groups is 1. The molecule has 1 saturated heterocycles. The summed E-state index contributed by atoms with van der Waals surface area (Å²) in [5.41, 5.74) is 1.21. The monoisotopic (exact) mass is 324 g/mol. The van der Waals surface area contributed by atoms with E-state index in [0.717, 1.165) is 12.2 Å². The SMILES string of the molecule is Cc1cc(S(=O)(=O)N2CCSC(C)(C)CC2)ccc1C#N. The van der Waals surface area contributed by atoms with Gasteiger partial charge in [0.2, 0.25) is 10.0 Å². The molecule has 0 N–H and O–H groups in total. The number of aryl methyl sites for hydroxylation is 1. The first-order chi connectivity index (χ1) is 9.76. The zero-order valence-electron chi connectivity index (χ0n) is 12.6. The number of nitrogens with zero attached hydrogens (tertiary/aromatic N) is 2. The minimum atomic E-state index is -3.47. The quantitative estimate of drug-likeness (QED) is 0.839. The number of benzene rings is 1. The molecule has 1 aromatic carbocycles. The highest BCUT2D eigenvalue weighted by atomic mass is 32.2. The fourth-order valence-corrected chi connectivity index (χ4v) is 5.06. The van der Waals surface area contributed by atoms with Crippen molar-refractivity contribution in [3.05, 3.63) is 29.3 Å². The molecule has 21 heavy (non-hydrogen) atoms. The molecule has 114 valence electrons. The van der Waals surface area contributed by atoms with Crippen molar-refractivity contribution in [2.45, 2.75) is 36.8 Å². The summed E-state index contributed by atoms with van der Waals surface area (Å²) in [7, 11) is -3.47. The van der Waals surface area contributed by atoms with Crippen LogP contribution in [0.4, 0.5) is 0 Å². The van der Waals surface area contributed by atoms with Crippen LogP contribution in [0, 0.1) is 18.3 Å². The van der Waals surface area contributed by atoms with Gasteiger partial charge in [0, 0.05) is 23.6 Å². The summed E-state index contributed by atoms with van der Waals surface area (Å²) in [5, 5.41) is 8.94. The lowest BCUT2D eigenvalue weighted by atomic mass is 10.1. The van der Waals surface area contributed by atoms with Gasteiger partial charge in [0.15, 0.2) is 0 Å². The Labute approximate surface area is 131 Å². The van der Waals surface area contributed by atoms with Gasteiger partial charge in [0.05, 0.1) is 16.5 Å². The summed E-state index contributed by atoms with van der Waals surface area (Å²) in [5.74, 6) is 0.807. The summed E-state index contributed by atoms with van der Waals surface area (Å²) in [6, 6.07) is 6.77. The summed E-state index contributed by atoms with van der Waals surface area (Å²) in [4.78, 5) is 0.281. The molecular weight excluding hydrogens is 304 g/mol. The first-order valence-electron chi connectivity index (χ1n) is 6.91. The maximum absolute atomic E-state index is 12.7. The molecule has 0 aliphatic carbocycles. The molecule has 0 amide bonds. The van der Waals surface area contributed by atoms with Crippen molar-refractivity contribution < 1.29 is 8.42 Å². The molecule has 0 radical (unpaired) electrons. The van der Waals surface area contributed by atoms with Crippen LogP contribution in [0.2, 0.25) is 0 Å². The molecule has 1 aliphatic rings. The standard InChI is InChI=1S/C15H20N2O2S2/c1-12-10-14(5-4-13(12)11-16)21(18,19)17-7-6-15(2,3)20-9-8-17/h4-5,10H,6-9H2,1-3H3. The van der Waals surface area contributed by atoms with Gasteiger partial charge in [-0.25, -0.2) is 8.42 Å². The minimum absolute atomic E-state index is 0.116. The van der Waals surface area contributed by atoms with E-state index in [1.165, 1.54) is 6.07 Å². The van der Waals surface area contributed by atoms with Crippen LogP contribution in [0.1, 0.15) is 31.4 Å². The third-order valence-corrected chi connectivity index (χ3v) is 7.02. The van der Waals surface area contributed by atoms with Crippen molar-refractivity contribution in [2.75, 3.05) is 18.8 Å². The first-order valence-corrected chi connectivity index (χ1v) is 9.34. The molecule has 0 unspecified atom stereocenters. The van der Waals surface area contributed by atoms with Crippen molar-refractivity contribution in [2.24, 2.45) is 0 Å². The maximum Gasteiger partial charge on any atom is 0.243 e. The Kier molecular flexibility index (Phi) is 4.66. The van der Waals surface area contributed by atoms with E-state index in [4.69, 9.17) is 5.26 Å². The molecule has 6 heteroatoms. The number of nitriles is 1. The average molecular weight is 324 g/mol. The van der Waals surface area contributed by atoms with Crippen molar-refractivity contribution >= 4 is 21.8 Å². The number of hydrogen-bond donors (Lipinski definition) is 0. The van der Waals surface area contributed by atoms with Gasteiger partial charge in [-0.3, -0.25) is 0 Å². The predicted octanol–water partition coefficient (Wildman–Crippen LogP) is 2.77. The molecule has 0 aromatic heterocycles. The molecule has 0 saturated carbocycles. The van der Waals surface area contributed by atoms with Crippen molar-refractivity contribution in [1.29, 1.82) is 5.26 Å². The smallest absolute Gasteiger partial charge is 0.207 e. The first kappa shape index (κ1) is 16.3. The second-order valence-electron chi connectivity index (χ2n) is 5.85. The summed E-state index contributed by atoms with van der Waals surface area (Å²) >= 11 is 1.82. The van der Waals surface area contributed by atoms with E-state index in [1.54, 1.807) is 23.4 Å². The van der Waals surface area contributed by atoms with Gasteiger partial charge in [-0.15, -0.1) is 0 Å². The normalized spacial score (nSPS) is 19.7. The highest BCUT2D eigenvalue weighted by molar-refractivity contribution is 8.00. The Balaban J connectivity index is 2.30. The average Bonchev–Trinajstić information content (AvgIpc) is 2.60. The van der Waals surface area contributed by atoms with E-state index in [2.05, 4.69) is 19.9 Å². The summed E-state index contributed by atoms with van der Waals surface area (Å²) < 4.78 is 27.2. The van der Waals surface area contributed by atoms with Crippen LogP contribution in [0.25, 0.3) is 0 Å². The van der Waals surface area contributed by atoms with Crippen LogP contribution in [-0.2, 0) is 10.0 Å². The molecule has 4 nitrogen and oxygen atoms in total. The third-order valence-electron chi connectivity index (χ3n) is 3.75. The van der Waals surface area contributed by atoms with Gasteiger partial charge in [-0.1, -0.05) is 13.8 Å². The van der Waals surface area contributed by atoms with Gasteiger partial charge in [-0.2, -0.15) is 21.3 Å². The Morgan fingerprint density at radius 3 is 2.67 bits per heavy atom. The fourth-order valence-electron chi connectivity index (χ4n) is 2.31. The molecule has 1 heterocycles. The number of hydrogen-bond acceptors (Lipinski definition) is 4. The molecule has 1 fully saturated rings. The summed E-state index contributed by atoms with van der Waals surface area (Å²) in [6.45, 7) is 7.15. The Hall–Kier alpha value is -1.03. The van der Waals surface area contributed by atoms with Crippen LogP contribution >= 0.6 is 11.8 Å². The highest BCUT2D eigenvalue weighted by Crippen LogP contribution is 2.32. The topological polar surface area (TPSA) is 61.2 Å².